The highest BCUT2D eigenvalue weighted by atomic mass is 16.5. The average molecular weight is 398 g/mol. The molecule has 1 saturated carbocycles. The highest BCUT2D eigenvalue weighted by Crippen LogP contribution is 2.59. The Morgan fingerprint density at radius 3 is 2.45 bits per heavy atom. The molecule has 1 unspecified atom stereocenters. The van der Waals surface area contributed by atoms with Gasteiger partial charge in [-0.25, -0.2) is 4.98 Å². The molecule has 7 nitrogen and oxygen atoms in total. The van der Waals surface area contributed by atoms with Gasteiger partial charge in [0.15, 0.2) is 11.6 Å². The number of nitrogens with two attached hydrogens (primary N) is 1. The molecule has 0 spiro atoms. The first kappa shape index (κ1) is 18.9. The van der Waals surface area contributed by atoms with Crippen LogP contribution in [0, 0.1) is 11.8 Å². The standard InChI is InChI=1S/C22H31N5O2/c1-12(2)27-19(21-16-8-26(9-17(16)21)15-10-28-11-15)6-18(25-27)14-5-20(29-13(3)4)22(23)24-7-14/h5-7,12-13,15-17,21H,8-11H2,1-4H3,(H2,23,24)/t16-,17+,21?. The molecule has 0 aromatic carbocycles. The minimum absolute atomic E-state index is 0.0491. The van der Waals surface area contributed by atoms with E-state index in [1.54, 1.807) is 6.20 Å². The first-order valence-corrected chi connectivity index (χ1v) is 10.8. The predicted molar refractivity (Wildman–Crippen MR) is 112 cm³/mol. The largest absolute Gasteiger partial charge is 0.487 e. The first-order chi connectivity index (χ1) is 13.9. The predicted octanol–water partition coefficient (Wildman–Crippen LogP) is 2.94. The molecule has 1 aliphatic carbocycles. The number of anilines is 1. The maximum Gasteiger partial charge on any atom is 0.166 e. The topological polar surface area (TPSA) is 78.4 Å². The lowest BCUT2D eigenvalue weighted by atomic mass is 10.1. The lowest BCUT2D eigenvalue weighted by Gasteiger charge is -2.35. The zero-order chi connectivity index (χ0) is 20.3. The highest BCUT2D eigenvalue weighted by Gasteiger charge is 2.58. The van der Waals surface area contributed by atoms with Crippen LogP contribution in [0.1, 0.15) is 45.3 Å². The number of hydrogen-bond acceptors (Lipinski definition) is 6. The maximum absolute atomic E-state index is 6.00. The van der Waals surface area contributed by atoms with Gasteiger partial charge in [0.2, 0.25) is 0 Å². The third kappa shape index (κ3) is 3.30. The highest BCUT2D eigenvalue weighted by molar-refractivity contribution is 5.64. The molecular weight excluding hydrogens is 366 g/mol. The molecule has 0 bridgehead atoms. The van der Waals surface area contributed by atoms with Crippen LogP contribution in [0.3, 0.4) is 0 Å². The fourth-order valence-electron chi connectivity index (χ4n) is 4.89. The Hall–Kier alpha value is -2.12. The van der Waals surface area contributed by atoms with Crippen molar-refractivity contribution in [1.82, 2.24) is 19.7 Å². The Morgan fingerprint density at radius 1 is 1.14 bits per heavy atom. The molecule has 5 rings (SSSR count). The number of rotatable bonds is 6. The van der Waals surface area contributed by atoms with Crippen molar-refractivity contribution in [2.75, 3.05) is 32.0 Å². The van der Waals surface area contributed by atoms with E-state index in [-0.39, 0.29) is 6.10 Å². The van der Waals surface area contributed by atoms with E-state index < -0.39 is 0 Å². The van der Waals surface area contributed by atoms with E-state index in [1.807, 2.05) is 19.9 Å². The molecule has 3 fully saturated rings. The Labute approximate surface area is 172 Å². The van der Waals surface area contributed by atoms with Gasteiger partial charge in [0.1, 0.15) is 0 Å². The maximum atomic E-state index is 6.00. The lowest BCUT2D eigenvalue weighted by molar-refractivity contribution is -0.0610. The summed E-state index contributed by atoms with van der Waals surface area (Å²) >= 11 is 0. The van der Waals surface area contributed by atoms with Crippen molar-refractivity contribution in [3.63, 3.8) is 0 Å². The number of pyridine rings is 1. The zero-order valence-electron chi connectivity index (χ0n) is 17.7. The number of nitrogen functional groups attached to an aromatic ring is 1. The van der Waals surface area contributed by atoms with Crippen LogP contribution >= 0.6 is 0 Å². The third-order valence-electron chi connectivity index (χ3n) is 6.49. The minimum atomic E-state index is 0.0491. The van der Waals surface area contributed by atoms with Crippen LogP contribution in [-0.4, -0.2) is 58.1 Å². The van der Waals surface area contributed by atoms with Crippen LogP contribution in [-0.2, 0) is 4.74 Å². The van der Waals surface area contributed by atoms with Gasteiger partial charge < -0.3 is 15.2 Å². The first-order valence-electron chi connectivity index (χ1n) is 10.8. The van der Waals surface area contributed by atoms with Gasteiger partial charge in [-0.3, -0.25) is 9.58 Å². The van der Waals surface area contributed by atoms with E-state index in [9.17, 15) is 0 Å². The fraction of sp³-hybridized carbons (Fsp3) is 0.636. The van der Waals surface area contributed by atoms with Gasteiger partial charge in [0.25, 0.3) is 0 Å². The van der Waals surface area contributed by atoms with Crippen molar-refractivity contribution in [3.05, 3.63) is 24.0 Å². The Balaban J connectivity index is 1.40. The van der Waals surface area contributed by atoms with Crippen LogP contribution in [0.5, 0.6) is 5.75 Å². The fourth-order valence-corrected chi connectivity index (χ4v) is 4.89. The summed E-state index contributed by atoms with van der Waals surface area (Å²) in [6.45, 7) is 12.6. The number of fused-ring (bicyclic) bond motifs is 1. The van der Waals surface area contributed by atoms with Crippen LogP contribution in [0.15, 0.2) is 18.3 Å². The minimum Gasteiger partial charge on any atom is -0.487 e. The van der Waals surface area contributed by atoms with E-state index in [1.165, 1.54) is 18.8 Å². The van der Waals surface area contributed by atoms with Crippen LogP contribution < -0.4 is 10.5 Å². The monoisotopic (exact) mass is 397 g/mol. The van der Waals surface area contributed by atoms with Gasteiger partial charge >= 0.3 is 0 Å². The summed E-state index contributed by atoms with van der Waals surface area (Å²) in [5.41, 5.74) is 9.26. The molecule has 0 radical (unpaired) electrons. The molecule has 2 N–H and O–H groups in total. The Morgan fingerprint density at radius 2 is 1.86 bits per heavy atom. The van der Waals surface area contributed by atoms with E-state index in [2.05, 4.69) is 34.5 Å². The van der Waals surface area contributed by atoms with Gasteiger partial charge in [0.05, 0.1) is 31.1 Å². The molecule has 2 aromatic heterocycles. The van der Waals surface area contributed by atoms with E-state index >= 15 is 0 Å². The number of likely N-dealkylation sites (tertiary alicyclic amines) is 1. The lowest BCUT2D eigenvalue weighted by Crippen LogP contribution is -2.48. The second kappa shape index (κ2) is 6.99. The van der Waals surface area contributed by atoms with E-state index in [0.717, 1.165) is 36.3 Å². The molecule has 29 heavy (non-hydrogen) atoms. The second-order valence-electron chi connectivity index (χ2n) is 9.27. The molecule has 0 amide bonds. The quantitative estimate of drug-likeness (QED) is 0.807. The molecule has 7 heteroatoms. The molecule has 156 valence electrons. The SMILES string of the molecule is CC(C)Oc1cc(-c2cc(C3[C@H]4CN(C5COC5)C[C@@H]34)n(C(C)C)n2)cnc1N. The number of ether oxygens (including phenoxy) is 2. The molecule has 3 aliphatic rings. The second-order valence-corrected chi connectivity index (χ2v) is 9.27. The summed E-state index contributed by atoms with van der Waals surface area (Å²) in [6, 6.07) is 5.19. The van der Waals surface area contributed by atoms with Crippen molar-refractivity contribution in [1.29, 1.82) is 0 Å². The van der Waals surface area contributed by atoms with E-state index in [0.29, 0.717) is 29.6 Å². The number of piperidine rings is 1. The summed E-state index contributed by atoms with van der Waals surface area (Å²) in [4.78, 5) is 6.96. The summed E-state index contributed by atoms with van der Waals surface area (Å²) in [6.07, 6.45) is 1.85. The van der Waals surface area contributed by atoms with Crippen molar-refractivity contribution >= 4 is 5.82 Å². The molecule has 2 aliphatic heterocycles. The average Bonchev–Trinajstić information content (AvgIpc) is 2.96. The summed E-state index contributed by atoms with van der Waals surface area (Å²) < 4.78 is 13.4. The van der Waals surface area contributed by atoms with Gasteiger partial charge in [-0.05, 0) is 51.7 Å². The van der Waals surface area contributed by atoms with Gasteiger partial charge in [-0.15, -0.1) is 0 Å². The van der Waals surface area contributed by atoms with Crippen molar-refractivity contribution in [2.24, 2.45) is 11.8 Å². The summed E-state index contributed by atoms with van der Waals surface area (Å²) in [5.74, 6) is 3.16. The van der Waals surface area contributed by atoms with Crippen LogP contribution in [0.25, 0.3) is 11.3 Å². The van der Waals surface area contributed by atoms with Crippen molar-refractivity contribution < 1.29 is 9.47 Å². The summed E-state index contributed by atoms with van der Waals surface area (Å²) in [7, 11) is 0. The van der Waals surface area contributed by atoms with Gasteiger partial charge in [-0.1, -0.05) is 0 Å². The molecule has 4 heterocycles. The molecule has 2 saturated heterocycles. The summed E-state index contributed by atoms with van der Waals surface area (Å²) in [5, 5.41) is 4.95. The normalized spacial score (nSPS) is 26.8. The van der Waals surface area contributed by atoms with Gasteiger partial charge in [-0.2, -0.15) is 5.10 Å². The Kier molecular flexibility index (Phi) is 4.55. The van der Waals surface area contributed by atoms with Crippen molar-refractivity contribution in [3.8, 4) is 17.0 Å². The molecule has 3 atom stereocenters. The number of aromatic nitrogens is 3. The number of hydrogen-bond donors (Lipinski definition) is 1. The zero-order valence-corrected chi connectivity index (χ0v) is 17.7. The van der Waals surface area contributed by atoms with Gasteiger partial charge in [0, 0.05) is 42.5 Å². The Bertz CT molecular complexity index is 893. The van der Waals surface area contributed by atoms with E-state index in [4.69, 9.17) is 20.3 Å². The molecule has 2 aromatic rings. The number of nitrogens with zero attached hydrogens (tertiary/aromatic N) is 4. The smallest absolute Gasteiger partial charge is 0.166 e. The van der Waals surface area contributed by atoms with Crippen LogP contribution in [0.2, 0.25) is 0 Å². The third-order valence-corrected chi connectivity index (χ3v) is 6.49. The molecular formula is C22H31N5O2. The van der Waals surface area contributed by atoms with Crippen molar-refractivity contribution in [2.45, 2.75) is 51.8 Å². The van der Waals surface area contributed by atoms with Crippen LogP contribution in [0.4, 0.5) is 5.82 Å².